The second-order valence-corrected chi connectivity index (χ2v) is 12.5. The molecule has 0 saturated heterocycles. The third-order valence-corrected chi connectivity index (χ3v) is 9.42. The highest BCUT2D eigenvalue weighted by atomic mass is 16.4. The molecule has 0 atom stereocenters. The van der Waals surface area contributed by atoms with Crippen LogP contribution in [0.4, 0.5) is 17.1 Å². The molecule has 0 saturated carbocycles. The van der Waals surface area contributed by atoms with E-state index in [0.717, 1.165) is 42.2 Å². The minimum Gasteiger partial charge on any atom is -0.476 e. The molecule has 4 aromatic carbocycles. The van der Waals surface area contributed by atoms with Crippen molar-refractivity contribution in [1.82, 2.24) is 4.57 Å². The summed E-state index contributed by atoms with van der Waals surface area (Å²) < 4.78 is 2.51. The van der Waals surface area contributed by atoms with Crippen molar-refractivity contribution in [1.29, 1.82) is 0 Å². The first-order valence-corrected chi connectivity index (χ1v) is 16.9. The number of rotatable bonds is 11. The Morgan fingerprint density at radius 1 is 0.830 bits per heavy atom. The number of para-hydroxylation sites is 2. The first kappa shape index (κ1) is 30.5. The van der Waals surface area contributed by atoms with Crippen molar-refractivity contribution in [2.45, 2.75) is 64.8 Å². The highest BCUT2D eigenvalue weighted by Crippen LogP contribution is 2.38. The van der Waals surface area contributed by atoms with E-state index in [0.29, 0.717) is 5.69 Å². The van der Waals surface area contributed by atoms with E-state index in [-0.39, 0.29) is 11.3 Å². The van der Waals surface area contributed by atoms with Crippen LogP contribution in [0.15, 0.2) is 102 Å². The molecule has 0 fully saturated rings. The molecule has 0 unspecified atom stereocenters. The van der Waals surface area contributed by atoms with E-state index in [2.05, 4.69) is 76.1 Å². The highest BCUT2D eigenvalue weighted by molar-refractivity contribution is 6.53. The second-order valence-electron chi connectivity index (χ2n) is 12.5. The molecule has 1 N–H and O–H groups in total. The molecule has 47 heavy (non-hydrogen) atoms. The van der Waals surface area contributed by atoms with Gasteiger partial charge in [0.2, 0.25) is 0 Å². The van der Waals surface area contributed by atoms with Gasteiger partial charge in [0.05, 0.1) is 16.8 Å². The number of amides is 1. The van der Waals surface area contributed by atoms with Crippen LogP contribution in [0.3, 0.4) is 0 Å². The van der Waals surface area contributed by atoms with E-state index in [1.165, 1.54) is 71.6 Å². The molecule has 2 aliphatic heterocycles. The van der Waals surface area contributed by atoms with E-state index < -0.39 is 11.9 Å². The molecule has 3 heterocycles. The Morgan fingerprint density at radius 3 is 2.43 bits per heavy atom. The first-order chi connectivity index (χ1) is 23.0. The average Bonchev–Trinajstić information content (AvgIpc) is 3.60. The Morgan fingerprint density at radius 2 is 1.60 bits per heavy atom. The second kappa shape index (κ2) is 13.3. The van der Waals surface area contributed by atoms with Gasteiger partial charge >= 0.3 is 5.97 Å². The normalized spacial score (nSPS) is 15.6. The van der Waals surface area contributed by atoms with Crippen molar-refractivity contribution in [3.05, 3.63) is 108 Å². The molecule has 1 amide bonds. The molecular weight excluding hydrogens is 584 g/mol. The molecule has 7 nitrogen and oxygen atoms in total. The van der Waals surface area contributed by atoms with Crippen LogP contribution in [-0.2, 0) is 22.6 Å². The smallest absolute Gasteiger partial charge is 0.357 e. The fourth-order valence-corrected chi connectivity index (χ4v) is 7.09. The zero-order chi connectivity index (χ0) is 32.3. The van der Waals surface area contributed by atoms with Crippen molar-refractivity contribution in [3.63, 3.8) is 0 Å². The van der Waals surface area contributed by atoms with Crippen molar-refractivity contribution in [2.24, 2.45) is 5.10 Å². The van der Waals surface area contributed by atoms with Crippen LogP contribution in [-0.4, -0.2) is 33.8 Å². The third kappa shape index (κ3) is 5.94. The Kier molecular flexibility index (Phi) is 8.62. The van der Waals surface area contributed by atoms with Crippen LogP contribution in [0.25, 0.3) is 27.9 Å². The van der Waals surface area contributed by atoms with E-state index in [1.54, 1.807) is 30.3 Å². The molecule has 2 aliphatic rings. The Balaban J connectivity index is 1.19. The van der Waals surface area contributed by atoms with Gasteiger partial charge in [-0.1, -0.05) is 87.6 Å². The number of aliphatic carboxylic acids is 1. The van der Waals surface area contributed by atoms with Gasteiger partial charge in [0, 0.05) is 40.8 Å². The van der Waals surface area contributed by atoms with Crippen molar-refractivity contribution >= 4 is 62.5 Å². The van der Waals surface area contributed by atoms with Gasteiger partial charge in [-0.2, -0.15) is 10.1 Å². The standard InChI is InChI=1S/C40H40N4O3/c1-2-3-4-5-6-12-23-43-36-18-11-10-17-32(36)33-21-20-31(27-37(33)43)42-24-13-14-29-25-28(19-22-35(29)42)26-34-38(40(46)47)41-44(39(34)45)30-15-8-7-9-16-30/h7-11,15-22,25-27H,2-6,12-14,23-24H2,1H3,(H,46,47). The Labute approximate surface area is 275 Å². The number of carboxylic acids is 1. The summed E-state index contributed by atoms with van der Waals surface area (Å²) in [7, 11) is 0. The lowest BCUT2D eigenvalue weighted by atomic mass is 9.97. The number of nitrogens with zero attached hydrogens (tertiary/aromatic N) is 4. The predicted octanol–water partition coefficient (Wildman–Crippen LogP) is 9.11. The number of fused-ring (bicyclic) bond motifs is 4. The largest absolute Gasteiger partial charge is 0.476 e. The summed E-state index contributed by atoms with van der Waals surface area (Å²) in [5, 5.41) is 17.8. The topological polar surface area (TPSA) is 78.1 Å². The van der Waals surface area contributed by atoms with Gasteiger partial charge in [-0.25, -0.2) is 4.79 Å². The van der Waals surface area contributed by atoms with E-state index >= 15 is 0 Å². The third-order valence-electron chi connectivity index (χ3n) is 9.42. The summed E-state index contributed by atoms with van der Waals surface area (Å²) in [6.45, 7) is 4.18. The summed E-state index contributed by atoms with van der Waals surface area (Å²) in [5.41, 5.74) is 7.21. The van der Waals surface area contributed by atoms with Crippen LogP contribution >= 0.6 is 0 Å². The number of carbonyl (C=O) groups is 2. The summed E-state index contributed by atoms with van der Waals surface area (Å²) in [4.78, 5) is 27.8. The SMILES string of the molecule is CCCCCCCCn1c2ccccc2c2ccc(N3CCCc4cc(C=C5C(=O)N(c6ccccc6)N=C5C(=O)O)ccc43)cc21. The lowest BCUT2D eigenvalue weighted by Gasteiger charge is -2.32. The first-order valence-electron chi connectivity index (χ1n) is 16.9. The minimum absolute atomic E-state index is 0.0811. The van der Waals surface area contributed by atoms with Gasteiger partial charge in [-0.3, -0.25) is 4.79 Å². The predicted molar refractivity (Wildman–Crippen MR) is 192 cm³/mol. The van der Waals surface area contributed by atoms with Crippen molar-refractivity contribution < 1.29 is 14.7 Å². The van der Waals surface area contributed by atoms with E-state index in [9.17, 15) is 14.7 Å². The Bertz CT molecular complexity index is 2020. The molecule has 0 spiro atoms. The number of unbranched alkanes of at least 4 members (excludes halogenated alkanes) is 5. The molecule has 238 valence electrons. The van der Waals surface area contributed by atoms with Gasteiger partial charge in [0.25, 0.3) is 5.91 Å². The van der Waals surface area contributed by atoms with Gasteiger partial charge in [-0.05, 0) is 78.9 Å². The molecule has 0 bridgehead atoms. The monoisotopic (exact) mass is 624 g/mol. The average molecular weight is 625 g/mol. The van der Waals surface area contributed by atoms with E-state index in [1.807, 2.05) is 12.1 Å². The molecule has 0 radical (unpaired) electrons. The quantitative estimate of drug-likeness (QED) is 0.117. The lowest BCUT2D eigenvalue weighted by Crippen LogP contribution is -2.24. The van der Waals surface area contributed by atoms with Crippen LogP contribution in [0.1, 0.15) is 63.0 Å². The molecule has 0 aliphatic carbocycles. The van der Waals surface area contributed by atoms with Crippen LogP contribution in [0.2, 0.25) is 0 Å². The molecular formula is C40H40N4O3. The lowest BCUT2D eigenvalue weighted by molar-refractivity contribution is -0.129. The molecule has 7 rings (SSSR count). The van der Waals surface area contributed by atoms with Crippen molar-refractivity contribution in [2.75, 3.05) is 16.5 Å². The number of hydrogen-bond acceptors (Lipinski definition) is 4. The zero-order valence-corrected chi connectivity index (χ0v) is 26.9. The zero-order valence-electron chi connectivity index (χ0n) is 26.9. The molecule has 7 heteroatoms. The van der Waals surface area contributed by atoms with Crippen LogP contribution in [0.5, 0.6) is 0 Å². The van der Waals surface area contributed by atoms with E-state index in [4.69, 9.17) is 0 Å². The number of carboxylic acid groups (broad SMARTS) is 1. The van der Waals surface area contributed by atoms with Crippen LogP contribution in [0, 0.1) is 0 Å². The van der Waals surface area contributed by atoms with Gasteiger partial charge < -0.3 is 14.6 Å². The number of carbonyl (C=O) groups excluding carboxylic acids is 1. The van der Waals surface area contributed by atoms with Gasteiger partial charge in [-0.15, -0.1) is 0 Å². The maximum Gasteiger partial charge on any atom is 0.357 e. The molecule has 1 aromatic heterocycles. The summed E-state index contributed by atoms with van der Waals surface area (Å²) in [6, 6.07) is 30.7. The van der Waals surface area contributed by atoms with Gasteiger partial charge in [0.1, 0.15) is 0 Å². The fraction of sp³-hybridized carbons (Fsp3) is 0.275. The minimum atomic E-state index is -1.23. The summed E-state index contributed by atoms with van der Waals surface area (Å²) >= 11 is 0. The maximum atomic E-state index is 13.3. The number of aryl methyl sites for hydroxylation is 2. The van der Waals surface area contributed by atoms with Gasteiger partial charge in [0.15, 0.2) is 5.71 Å². The molecule has 5 aromatic rings. The number of benzene rings is 4. The number of hydrogen-bond donors (Lipinski definition) is 1. The summed E-state index contributed by atoms with van der Waals surface area (Å²) in [6.07, 6.45) is 11.2. The number of hydrazone groups is 1. The van der Waals surface area contributed by atoms with Crippen molar-refractivity contribution in [3.8, 4) is 0 Å². The number of aromatic nitrogens is 1. The van der Waals surface area contributed by atoms with Crippen LogP contribution < -0.4 is 9.91 Å². The fourth-order valence-electron chi connectivity index (χ4n) is 7.09. The number of anilines is 3. The summed E-state index contributed by atoms with van der Waals surface area (Å²) in [5.74, 6) is -1.67. The highest BCUT2D eigenvalue weighted by Gasteiger charge is 2.35. The Hall–Kier alpha value is -5.17. The maximum absolute atomic E-state index is 13.3.